The molecule has 3 N–H and O–H groups in total. The van der Waals surface area contributed by atoms with E-state index in [0.717, 1.165) is 16.1 Å². The lowest BCUT2D eigenvalue weighted by atomic mass is 9.95. The van der Waals surface area contributed by atoms with Gasteiger partial charge in [-0.25, -0.2) is 0 Å². The van der Waals surface area contributed by atoms with Crippen LogP contribution in [0, 0.1) is 11.3 Å². The highest BCUT2D eigenvalue weighted by molar-refractivity contribution is 7.99. The van der Waals surface area contributed by atoms with E-state index in [1.807, 2.05) is 48.5 Å². The Bertz CT molecular complexity index is 755. The van der Waals surface area contributed by atoms with Gasteiger partial charge >= 0.3 is 0 Å². The highest BCUT2D eigenvalue weighted by Crippen LogP contribution is 2.29. The van der Waals surface area contributed by atoms with Crippen LogP contribution in [-0.2, 0) is 5.54 Å². The predicted molar refractivity (Wildman–Crippen MR) is 86.9 cm³/mol. The van der Waals surface area contributed by atoms with Crippen LogP contribution in [0.1, 0.15) is 5.56 Å². The SMILES string of the molecule is N#CC(N)(CSc1cc2ccccc2[nH]1)c1ccccc1. The van der Waals surface area contributed by atoms with Crippen molar-refractivity contribution < 1.29 is 0 Å². The van der Waals surface area contributed by atoms with Gasteiger partial charge in [0.25, 0.3) is 0 Å². The third-order valence-electron chi connectivity index (χ3n) is 3.45. The Hall–Kier alpha value is -2.22. The van der Waals surface area contributed by atoms with Crippen molar-refractivity contribution in [2.24, 2.45) is 5.73 Å². The van der Waals surface area contributed by atoms with E-state index in [0.29, 0.717) is 5.75 Å². The molecule has 1 atom stereocenters. The second-order valence-electron chi connectivity index (χ2n) is 4.96. The molecule has 0 radical (unpaired) electrons. The summed E-state index contributed by atoms with van der Waals surface area (Å²) >= 11 is 1.57. The average Bonchev–Trinajstić information content (AvgIpc) is 2.96. The molecule has 1 heterocycles. The highest BCUT2D eigenvalue weighted by Gasteiger charge is 2.27. The number of benzene rings is 2. The number of fused-ring (bicyclic) bond motifs is 1. The van der Waals surface area contributed by atoms with Gasteiger partial charge in [0.15, 0.2) is 0 Å². The van der Waals surface area contributed by atoms with Gasteiger partial charge < -0.3 is 10.7 Å². The van der Waals surface area contributed by atoms with Gasteiger partial charge in [-0.05, 0) is 17.7 Å². The number of aromatic amines is 1. The van der Waals surface area contributed by atoms with Gasteiger partial charge in [-0.1, -0.05) is 48.5 Å². The van der Waals surface area contributed by atoms with Crippen molar-refractivity contribution in [2.45, 2.75) is 10.6 Å². The number of hydrogen-bond acceptors (Lipinski definition) is 3. The fraction of sp³-hybridized carbons (Fsp3) is 0.118. The second-order valence-corrected chi connectivity index (χ2v) is 5.98. The fourth-order valence-electron chi connectivity index (χ4n) is 2.23. The molecule has 104 valence electrons. The molecule has 0 spiro atoms. The largest absolute Gasteiger partial charge is 0.350 e. The molecule has 1 unspecified atom stereocenters. The summed E-state index contributed by atoms with van der Waals surface area (Å²) < 4.78 is 0. The minimum absolute atomic E-state index is 0.500. The molecule has 3 nitrogen and oxygen atoms in total. The number of nitrogens with one attached hydrogen (secondary N) is 1. The van der Waals surface area contributed by atoms with Crippen LogP contribution in [0.5, 0.6) is 0 Å². The first kappa shape index (κ1) is 13.7. The van der Waals surface area contributed by atoms with Crippen LogP contribution in [0.25, 0.3) is 10.9 Å². The molecule has 0 bridgehead atoms. The number of nitrogens with two attached hydrogens (primary N) is 1. The zero-order valence-electron chi connectivity index (χ0n) is 11.4. The molecule has 0 aliphatic rings. The topological polar surface area (TPSA) is 65.6 Å². The number of nitriles is 1. The minimum atomic E-state index is -0.983. The van der Waals surface area contributed by atoms with E-state index >= 15 is 0 Å². The molecule has 21 heavy (non-hydrogen) atoms. The summed E-state index contributed by atoms with van der Waals surface area (Å²) in [4.78, 5) is 3.34. The number of H-pyrrole nitrogens is 1. The lowest BCUT2D eigenvalue weighted by Gasteiger charge is -2.21. The van der Waals surface area contributed by atoms with Gasteiger partial charge in [-0.15, -0.1) is 11.8 Å². The molecule has 4 heteroatoms. The van der Waals surface area contributed by atoms with Crippen LogP contribution in [0.4, 0.5) is 0 Å². The summed E-state index contributed by atoms with van der Waals surface area (Å²) in [7, 11) is 0. The van der Waals surface area contributed by atoms with Crippen LogP contribution >= 0.6 is 11.8 Å². The third kappa shape index (κ3) is 2.80. The van der Waals surface area contributed by atoms with Crippen molar-refractivity contribution in [3.8, 4) is 6.07 Å². The molecule has 3 rings (SSSR count). The van der Waals surface area contributed by atoms with Crippen LogP contribution in [0.3, 0.4) is 0 Å². The van der Waals surface area contributed by atoms with Gasteiger partial charge in [0.1, 0.15) is 5.54 Å². The zero-order valence-corrected chi connectivity index (χ0v) is 12.2. The molecule has 0 amide bonds. The molecule has 0 fully saturated rings. The molecule has 1 aromatic heterocycles. The maximum atomic E-state index is 9.46. The summed E-state index contributed by atoms with van der Waals surface area (Å²) in [5, 5.41) is 11.6. The molecular formula is C17H15N3S. The lowest BCUT2D eigenvalue weighted by molar-refractivity contribution is 0.658. The van der Waals surface area contributed by atoms with Crippen molar-refractivity contribution >= 4 is 22.7 Å². The minimum Gasteiger partial charge on any atom is -0.350 e. The van der Waals surface area contributed by atoms with Gasteiger partial charge in [0.05, 0.1) is 11.1 Å². The van der Waals surface area contributed by atoms with Gasteiger partial charge in [0.2, 0.25) is 0 Å². The van der Waals surface area contributed by atoms with E-state index in [1.54, 1.807) is 11.8 Å². The van der Waals surface area contributed by atoms with Crippen molar-refractivity contribution in [2.75, 3.05) is 5.75 Å². The Morgan fingerprint density at radius 1 is 1.10 bits per heavy atom. The van der Waals surface area contributed by atoms with Crippen molar-refractivity contribution in [3.63, 3.8) is 0 Å². The normalized spacial score (nSPS) is 13.7. The zero-order chi connectivity index (χ0) is 14.7. The number of aromatic nitrogens is 1. The Balaban J connectivity index is 1.81. The number of para-hydroxylation sites is 1. The molecule has 3 aromatic rings. The maximum absolute atomic E-state index is 9.46. The summed E-state index contributed by atoms with van der Waals surface area (Å²) in [5.41, 5.74) is 7.22. The first-order valence-corrected chi connectivity index (χ1v) is 7.66. The number of hydrogen-bond donors (Lipinski definition) is 2. The summed E-state index contributed by atoms with van der Waals surface area (Å²) in [6, 6.07) is 22.0. The molecule has 0 aliphatic carbocycles. The number of thioether (sulfide) groups is 1. The summed E-state index contributed by atoms with van der Waals surface area (Å²) in [5.74, 6) is 0.500. The Morgan fingerprint density at radius 2 is 1.81 bits per heavy atom. The van der Waals surface area contributed by atoms with Gasteiger partial charge in [-0.2, -0.15) is 5.26 Å². The molecule has 2 aromatic carbocycles. The van der Waals surface area contributed by atoms with E-state index in [2.05, 4.69) is 23.2 Å². The monoisotopic (exact) mass is 293 g/mol. The van der Waals surface area contributed by atoms with Crippen LogP contribution in [0.15, 0.2) is 65.7 Å². The van der Waals surface area contributed by atoms with E-state index in [1.165, 1.54) is 5.39 Å². The smallest absolute Gasteiger partial charge is 0.139 e. The highest BCUT2D eigenvalue weighted by atomic mass is 32.2. The first-order valence-electron chi connectivity index (χ1n) is 6.67. The standard InChI is InChI=1S/C17H15N3S/c18-11-17(19,14-7-2-1-3-8-14)12-21-16-10-13-6-4-5-9-15(13)20-16/h1-10,20H,12,19H2. The van der Waals surface area contributed by atoms with Crippen molar-refractivity contribution in [1.82, 2.24) is 4.98 Å². The van der Waals surface area contributed by atoms with Crippen LogP contribution in [-0.4, -0.2) is 10.7 Å². The van der Waals surface area contributed by atoms with E-state index < -0.39 is 5.54 Å². The average molecular weight is 293 g/mol. The van der Waals surface area contributed by atoms with Crippen molar-refractivity contribution in [3.05, 3.63) is 66.2 Å². The molecule has 0 aliphatic heterocycles. The predicted octanol–water partition coefficient (Wildman–Crippen LogP) is 3.64. The number of nitrogens with zero attached hydrogens (tertiary/aromatic N) is 1. The molecule has 0 saturated carbocycles. The van der Waals surface area contributed by atoms with E-state index in [9.17, 15) is 5.26 Å². The molecule has 0 saturated heterocycles. The Labute approximate surface area is 127 Å². The summed E-state index contributed by atoms with van der Waals surface area (Å²) in [6.07, 6.45) is 0. The van der Waals surface area contributed by atoms with Crippen molar-refractivity contribution in [1.29, 1.82) is 5.26 Å². The first-order chi connectivity index (χ1) is 10.2. The van der Waals surface area contributed by atoms with Gasteiger partial charge in [-0.3, -0.25) is 0 Å². The summed E-state index contributed by atoms with van der Waals surface area (Å²) in [6.45, 7) is 0. The molecular weight excluding hydrogens is 278 g/mol. The quantitative estimate of drug-likeness (QED) is 0.722. The number of rotatable bonds is 4. The van der Waals surface area contributed by atoms with E-state index in [-0.39, 0.29) is 0 Å². The fourth-order valence-corrected chi connectivity index (χ4v) is 3.24. The Kier molecular flexibility index (Phi) is 3.70. The Morgan fingerprint density at radius 3 is 2.52 bits per heavy atom. The lowest BCUT2D eigenvalue weighted by Crippen LogP contribution is -2.37. The van der Waals surface area contributed by atoms with Crippen LogP contribution < -0.4 is 5.73 Å². The van der Waals surface area contributed by atoms with Crippen LogP contribution in [0.2, 0.25) is 0 Å². The second kappa shape index (κ2) is 5.65. The maximum Gasteiger partial charge on any atom is 0.139 e. The van der Waals surface area contributed by atoms with E-state index in [4.69, 9.17) is 5.73 Å². The third-order valence-corrected chi connectivity index (χ3v) is 4.58. The van der Waals surface area contributed by atoms with Gasteiger partial charge in [0, 0.05) is 16.7 Å².